The molecule has 0 radical (unpaired) electrons. The third-order valence-corrected chi connectivity index (χ3v) is 4.81. The lowest BCUT2D eigenvalue weighted by Gasteiger charge is -2.25. The highest BCUT2D eigenvalue weighted by atomic mass is 16.6. The molecule has 146 valence electrons. The van der Waals surface area contributed by atoms with Crippen LogP contribution in [0.15, 0.2) is 54.6 Å². The lowest BCUT2D eigenvalue weighted by molar-refractivity contribution is -0.385. The molecule has 1 unspecified atom stereocenters. The minimum Gasteiger partial charge on any atom is -0.444 e. The highest BCUT2D eigenvalue weighted by Crippen LogP contribution is 2.25. The number of carbonyl (C=O) groups is 2. The first-order valence-electron chi connectivity index (χ1n) is 9.35. The van der Waals surface area contributed by atoms with Crippen molar-refractivity contribution in [2.45, 2.75) is 44.2 Å². The third-order valence-electron chi connectivity index (χ3n) is 4.81. The molecule has 0 spiro atoms. The van der Waals surface area contributed by atoms with E-state index in [0.717, 1.165) is 32.1 Å². The molecule has 0 aliphatic heterocycles. The van der Waals surface area contributed by atoms with Crippen molar-refractivity contribution in [3.05, 3.63) is 75.8 Å². The molecular weight excluding hydrogens is 360 g/mol. The van der Waals surface area contributed by atoms with Gasteiger partial charge in [0.2, 0.25) is 6.10 Å². The zero-order valence-corrected chi connectivity index (χ0v) is 15.4. The Kier molecular flexibility index (Phi) is 6.37. The van der Waals surface area contributed by atoms with Gasteiger partial charge in [0.05, 0.1) is 10.5 Å². The summed E-state index contributed by atoms with van der Waals surface area (Å²) in [7, 11) is 0. The standard InChI is InChI=1S/C21H22N2O5/c24-20(22-17-11-5-2-6-12-17)19(16-10-7-13-18(14-16)23(26)27)28-21(25)15-8-3-1-4-9-15/h1,3-4,7-10,13-14,17,19H,2,5-6,11-12H2,(H,22,24). The molecule has 2 aromatic carbocycles. The van der Waals surface area contributed by atoms with Gasteiger partial charge < -0.3 is 10.1 Å². The third kappa shape index (κ3) is 4.94. The van der Waals surface area contributed by atoms with Gasteiger partial charge in [-0.3, -0.25) is 14.9 Å². The number of nitrogens with one attached hydrogen (secondary N) is 1. The monoisotopic (exact) mass is 382 g/mol. The predicted octanol–water partition coefficient (Wildman–Crippen LogP) is 3.94. The van der Waals surface area contributed by atoms with Crippen molar-refractivity contribution in [1.29, 1.82) is 0 Å². The number of non-ortho nitro benzene ring substituents is 1. The van der Waals surface area contributed by atoms with E-state index in [2.05, 4.69) is 5.32 Å². The molecule has 0 heterocycles. The van der Waals surface area contributed by atoms with Crippen LogP contribution in [0.5, 0.6) is 0 Å². The summed E-state index contributed by atoms with van der Waals surface area (Å²) in [6, 6.07) is 14.0. The van der Waals surface area contributed by atoms with Crippen LogP contribution in [0.4, 0.5) is 5.69 Å². The van der Waals surface area contributed by atoms with Gasteiger partial charge >= 0.3 is 5.97 Å². The molecule has 2 aromatic rings. The summed E-state index contributed by atoms with van der Waals surface area (Å²) in [6.45, 7) is 0. The average molecular weight is 382 g/mol. The molecule has 1 aliphatic rings. The van der Waals surface area contributed by atoms with Crippen LogP contribution in [-0.4, -0.2) is 22.8 Å². The van der Waals surface area contributed by atoms with Gasteiger partial charge in [0.1, 0.15) is 0 Å². The van der Waals surface area contributed by atoms with E-state index in [1.807, 2.05) is 0 Å². The van der Waals surface area contributed by atoms with Crippen LogP contribution in [-0.2, 0) is 9.53 Å². The van der Waals surface area contributed by atoms with Gasteiger partial charge in [-0.1, -0.05) is 49.6 Å². The van der Waals surface area contributed by atoms with Crippen LogP contribution in [0.1, 0.15) is 54.1 Å². The molecule has 1 aliphatic carbocycles. The van der Waals surface area contributed by atoms with Crippen molar-refractivity contribution < 1.29 is 19.2 Å². The first-order valence-corrected chi connectivity index (χ1v) is 9.35. The molecule has 1 saturated carbocycles. The molecule has 0 aromatic heterocycles. The van der Waals surface area contributed by atoms with Crippen molar-refractivity contribution in [2.24, 2.45) is 0 Å². The number of hydrogen-bond acceptors (Lipinski definition) is 5. The maximum absolute atomic E-state index is 12.9. The topological polar surface area (TPSA) is 98.5 Å². The minimum absolute atomic E-state index is 0.0258. The van der Waals surface area contributed by atoms with Crippen molar-refractivity contribution >= 4 is 17.6 Å². The fraction of sp³-hybridized carbons (Fsp3) is 0.333. The Morgan fingerprint density at radius 1 is 1.04 bits per heavy atom. The fourth-order valence-electron chi connectivity index (χ4n) is 3.35. The zero-order chi connectivity index (χ0) is 19.9. The van der Waals surface area contributed by atoms with Crippen molar-refractivity contribution in [1.82, 2.24) is 5.32 Å². The number of esters is 1. The number of nitro benzene ring substituents is 1. The van der Waals surface area contributed by atoms with Gasteiger partial charge in [-0.05, 0) is 25.0 Å². The Labute approximate surface area is 162 Å². The summed E-state index contributed by atoms with van der Waals surface area (Å²) in [5, 5.41) is 14.0. The Morgan fingerprint density at radius 2 is 1.75 bits per heavy atom. The molecule has 3 rings (SSSR count). The van der Waals surface area contributed by atoms with E-state index in [-0.39, 0.29) is 17.3 Å². The number of benzene rings is 2. The first kappa shape index (κ1) is 19.5. The second-order valence-electron chi connectivity index (χ2n) is 6.85. The van der Waals surface area contributed by atoms with E-state index in [9.17, 15) is 19.7 Å². The van der Waals surface area contributed by atoms with Gasteiger partial charge in [0, 0.05) is 23.7 Å². The number of rotatable bonds is 6. The number of amides is 1. The summed E-state index contributed by atoms with van der Waals surface area (Å²) < 4.78 is 5.49. The molecule has 28 heavy (non-hydrogen) atoms. The van der Waals surface area contributed by atoms with E-state index < -0.39 is 22.9 Å². The predicted molar refractivity (Wildman–Crippen MR) is 103 cm³/mol. The molecule has 1 amide bonds. The first-order chi connectivity index (χ1) is 13.5. The van der Waals surface area contributed by atoms with Crippen molar-refractivity contribution in [3.8, 4) is 0 Å². The molecule has 7 nitrogen and oxygen atoms in total. The normalized spacial score (nSPS) is 15.4. The summed E-state index contributed by atoms with van der Waals surface area (Å²) >= 11 is 0. The molecule has 0 bridgehead atoms. The molecule has 1 fully saturated rings. The van der Waals surface area contributed by atoms with Gasteiger partial charge in [-0.15, -0.1) is 0 Å². The number of hydrogen-bond donors (Lipinski definition) is 1. The van der Waals surface area contributed by atoms with Gasteiger partial charge in [0.15, 0.2) is 0 Å². The van der Waals surface area contributed by atoms with Crippen LogP contribution in [0, 0.1) is 10.1 Å². The van der Waals surface area contributed by atoms with Crippen molar-refractivity contribution in [2.75, 3.05) is 0 Å². The van der Waals surface area contributed by atoms with E-state index in [1.54, 1.807) is 36.4 Å². The summed E-state index contributed by atoms with van der Waals surface area (Å²) in [6.07, 6.45) is 3.71. The number of ether oxygens (including phenoxy) is 1. The molecule has 0 saturated heterocycles. The maximum atomic E-state index is 12.9. The van der Waals surface area contributed by atoms with Gasteiger partial charge in [0.25, 0.3) is 11.6 Å². The Balaban J connectivity index is 1.84. The van der Waals surface area contributed by atoms with Crippen LogP contribution >= 0.6 is 0 Å². The molecule has 1 atom stereocenters. The lowest BCUT2D eigenvalue weighted by Crippen LogP contribution is -2.40. The van der Waals surface area contributed by atoms with Crippen LogP contribution in [0.25, 0.3) is 0 Å². The number of nitrogens with zero attached hydrogens (tertiary/aromatic N) is 1. The highest BCUT2D eigenvalue weighted by molar-refractivity contribution is 5.92. The largest absolute Gasteiger partial charge is 0.444 e. The SMILES string of the molecule is O=C(OC(C(=O)NC1CCCCC1)c1cccc([N+](=O)[O-])c1)c1ccccc1. The van der Waals surface area contributed by atoms with Gasteiger partial charge in [-0.2, -0.15) is 0 Å². The van der Waals surface area contributed by atoms with Crippen LogP contribution in [0.2, 0.25) is 0 Å². The fourth-order valence-corrected chi connectivity index (χ4v) is 3.35. The minimum atomic E-state index is -1.26. The van der Waals surface area contributed by atoms with Crippen molar-refractivity contribution in [3.63, 3.8) is 0 Å². The summed E-state index contributed by atoms with van der Waals surface area (Å²) in [5.74, 6) is -1.12. The lowest BCUT2D eigenvalue weighted by atomic mass is 9.95. The van der Waals surface area contributed by atoms with Crippen LogP contribution in [0.3, 0.4) is 0 Å². The van der Waals surface area contributed by atoms with E-state index in [4.69, 9.17) is 4.74 Å². The highest BCUT2D eigenvalue weighted by Gasteiger charge is 2.29. The van der Waals surface area contributed by atoms with Gasteiger partial charge in [-0.25, -0.2) is 4.79 Å². The summed E-state index contributed by atoms with van der Waals surface area (Å²) in [5.41, 5.74) is 0.416. The second-order valence-corrected chi connectivity index (χ2v) is 6.85. The zero-order valence-electron chi connectivity index (χ0n) is 15.4. The number of nitro groups is 1. The van der Waals surface area contributed by atoms with E-state index in [1.165, 1.54) is 18.2 Å². The average Bonchev–Trinajstić information content (AvgIpc) is 2.73. The molecule has 7 heteroatoms. The summed E-state index contributed by atoms with van der Waals surface area (Å²) in [4.78, 5) is 36.0. The quantitative estimate of drug-likeness (QED) is 0.463. The van der Waals surface area contributed by atoms with E-state index in [0.29, 0.717) is 5.56 Å². The van der Waals surface area contributed by atoms with E-state index >= 15 is 0 Å². The number of carbonyl (C=O) groups excluding carboxylic acids is 2. The Morgan fingerprint density at radius 3 is 2.43 bits per heavy atom. The Bertz CT molecular complexity index is 847. The maximum Gasteiger partial charge on any atom is 0.339 e. The smallest absolute Gasteiger partial charge is 0.339 e. The van der Waals surface area contributed by atoms with Crippen LogP contribution < -0.4 is 5.32 Å². The molecule has 1 N–H and O–H groups in total. The Hall–Kier alpha value is -3.22. The second kappa shape index (κ2) is 9.12. The molecular formula is C21H22N2O5.